The van der Waals surface area contributed by atoms with Gasteiger partial charge in [0, 0.05) is 17.3 Å². The molecule has 0 bridgehead atoms. The Morgan fingerprint density at radius 3 is 2.46 bits per heavy atom. The molecular weight excluding hydrogens is 750 g/mol. The number of ketones is 2. The summed E-state index contributed by atoms with van der Waals surface area (Å²) in [7, 11) is 1.25. The van der Waals surface area contributed by atoms with Gasteiger partial charge in [-0.3, -0.25) is 9.59 Å². The number of unbranched alkanes of at least 4 members (excludes halogenated alkanes) is 1. The van der Waals surface area contributed by atoms with E-state index in [9.17, 15) is 44.5 Å². The van der Waals surface area contributed by atoms with Gasteiger partial charge in [0.05, 0.1) is 25.4 Å². The van der Waals surface area contributed by atoms with Gasteiger partial charge in [-0.25, -0.2) is 18.4 Å². The van der Waals surface area contributed by atoms with Crippen LogP contribution in [0.3, 0.4) is 0 Å². The monoisotopic (exact) mass is 794 g/mol. The Kier molecular flexibility index (Phi) is 12.4. The van der Waals surface area contributed by atoms with Gasteiger partial charge in [-0.2, -0.15) is 0 Å². The van der Waals surface area contributed by atoms with Gasteiger partial charge in [-0.1, -0.05) is 19.9 Å². The molecule has 0 aromatic heterocycles. The van der Waals surface area contributed by atoms with Gasteiger partial charge in [0.25, 0.3) is 10.2 Å². The zero-order valence-corrected chi connectivity index (χ0v) is 31.2. The zero-order valence-electron chi connectivity index (χ0n) is 31.2. The molecule has 1 aromatic rings. The second kappa shape index (κ2) is 16.5. The van der Waals surface area contributed by atoms with E-state index in [1.54, 1.807) is 6.92 Å². The molecule has 3 saturated carbocycles. The first-order chi connectivity index (χ1) is 26.3. The number of alkyl halides is 2. The number of allylic oxidation sites excluding steroid dienone is 4. The number of methoxy groups -OCH3 is 1. The number of carbonyl (C=O) groups excluding carboxylic acids is 4. The second-order valence-corrected chi connectivity index (χ2v) is 15.2. The van der Waals surface area contributed by atoms with Crippen molar-refractivity contribution in [3.63, 3.8) is 0 Å². The number of hydrogen-bond acceptors (Lipinski definition) is 15. The summed E-state index contributed by atoms with van der Waals surface area (Å²) >= 11 is 0. The molecule has 7 unspecified atom stereocenters. The molecule has 0 aliphatic heterocycles. The van der Waals surface area contributed by atoms with Crippen LogP contribution in [0, 0.1) is 54.7 Å². The molecule has 10 atom stereocenters. The molecule has 0 amide bonds. The fourth-order valence-electron chi connectivity index (χ4n) is 9.63. The third-order valence-electron chi connectivity index (χ3n) is 12.0. The van der Waals surface area contributed by atoms with Crippen LogP contribution in [-0.2, 0) is 28.7 Å². The maximum Gasteiger partial charge on any atom is 0.514 e. The summed E-state index contributed by atoms with van der Waals surface area (Å²) in [4.78, 5) is 80.6. The largest absolute Gasteiger partial charge is 0.514 e. The number of Topliss-reactive ketones (excluding diaryl/α,β-unsaturated/α-hetero) is 1. The summed E-state index contributed by atoms with van der Waals surface area (Å²) in [6, 6.07) is 3.76. The van der Waals surface area contributed by atoms with Crippen molar-refractivity contribution in [2.75, 3.05) is 26.9 Å². The van der Waals surface area contributed by atoms with Crippen molar-refractivity contribution in [2.45, 2.75) is 83.3 Å². The molecule has 1 N–H and O–H groups in total. The Balaban J connectivity index is 1.15. The van der Waals surface area contributed by atoms with Crippen LogP contribution in [0.25, 0.3) is 0 Å². The van der Waals surface area contributed by atoms with Crippen LogP contribution in [0.2, 0.25) is 0 Å². The lowest BCUT2D eigenvalue weighted by atomic mass is 9.45. The summed E-state index contributed by atoms with van der Waals surface area (Å²) < 4.78 is 54.0. The molecule has 19 heteroatoms. The van der Waals surface area contributed by atoms with Gasteiger partial charge in [0.15, 0.2) is 35.3 Å². The van der Waals surface area contributed by atoms with Crippen molar-refractivity contribution < 1.29 is 71.9 Å². The smallest absolute Gasteiger partial charge is 0.493 e. The number of esters is 1. The van der Waals surface area contributed by atoms with Gasteiger partial charge in [-0.05, 0) is 98.6 Å². The van der Waals surface area contributed by atoms with E-state index in [2.05, 4.69) is 9.68 Å². The Hall–Kier alpha value is -5.20. The lowest BCUT2D eigenvalue weighted by molar-refractivity contribution is -0.790. The van der Waals surface area contributed by atoms with Gasteiger partial charge in [-0.15, -0.1) is 20.2 Å². The SMILES string of the molecule is COc1cc(C(=O)OCCCCC(CO[N+](=O)[O-])O[N+](=O)[O-])ccc1OC(=O)OCC(=O)C1[C@H](C)CC2C3C[C@H](F)C4=CC(=O)C=CC4(C)[C@@]3(F)C(O)CC21C. The second-order valence-electron chi connectivity index (χ2n) is 15.2. The summed E-state index contributed by atoms with van der Waals surface area (Å²) in [5.74, 6) is -4.42. The molecule has 0 radical (unpaired) electrons. The van der Waals surface area contributed by atoms with Crippen LogP contribution >= 0.6 is 0 Å². The predicted octanol–water partition coefficient (Wildman–Crippen LogP) is 5.07. The standard InChI is InChI=1S/C37H44F2N2O15/c1-20-13-24-25-16-27(38)26-15-22(42)10-11-36(26,3)37(25,39)31(44)17-35(24,2)32(20)28(43)19-53-34(46)55-29-9-8-21(14-30(29)51-4)33(45)52-12-6-5-7-23(56-41(49)50)18-54-40(47)48/h8-11,14-15,20,23-25,27,31-32,44H,5-7,12-13,16-19H2,1-4H3/t20-,23?,24?,25?,27+,31?,32?,35?,36?,37+/m1/s1. The highest BCUT2D eigenvalue weighted by Crippen LogP contribution is 2.70. The third-order valence-corrected chi connectivity index (χ3v) is 12.0. The summed E-state index contributed by atoms with van der Waals surface area (Å²) in [6.07, 6.45) is -1.45. The molecule has 0 saturated heterocycles. The highest BCUT2D eigenvalue weighted by molar-refractivity contribution is 6.01. The highest BCUT2D eigenvalue weighted by Gasteiger charge is 2.73. The van der Waals surface area contributed by atoms with E-state index < -0.39 is 99.7 Å². The van der Waals surface area contributed by atoms with Gasteiger partial charge < -0.3 is 33.7 Å². The van der Waals surface area contributed by atoms with Gasteiger partial charge in [0.2, 0.25) is 0 Å². The molecule has 4 aliphatic carbocycles. The Bertz CT molecular complexity index is 1810. The molecule has 56 heavy (non-hydrogen) atoms. The van der Waals surface area contributed by atoms with Gasteiger partial charge in [0.1, 0.15) is 18.9 Å². The number of ether oxygens (including phenoxy) is 4. The minimum Gasteiger partial charge on any atom is -0.493 e. The minimum atomic E-state index is -2.28. The fourth-order valence-corrected chi connectivity index (χ4v) is 9.63. The fraction of sp³-hybridized carbons (Fsp3) is 0.622. The van der Waals surface area contributed by atoms with Crippen LogP contribution in [-0.4, -0.2) is 89.9 Å². The van der Waals surface area contributed by atoms with Crippen molar-refractivity contribution in [1.82, 2.24) is 0 Å². The maximum absolute atomic E-state index is 17.4. The van der Waals surface area contributed by atoms with E-state index in [1.807, 2.05) is 6.92 Å². The number of carbonyl (C=O) groups is 4. The van der Waals surface area contributed by atoms with Crippen LogP contribution in [0.15, 0.2) is 42.0 Å². The Labute approximate surface area is 319 Å². The van der Waals surface area contributed by atoms with Crippen LogP contribution in [0.5, 0.6) is 11.5 Å². The van der Waals surface area contributed by atoms with Crippen LogP contribution in [0.4, 0.5) is 13.6 Å². The average Bonchev–Trinajstić information content (AvgIpc) is 3.40. The lowest BCUT2D eigenvalue weighted by Crippen LogP contribution is -2.68. The van der Waals surface area contributed by atoms with Crippen LogP contribution in [0.1, 0.15) is 69.7 Å². The summed E-state index contributed by atoms with van der Waals surface area (Å²) in [5.41, 5.74) is -4.76. The molecule has 17 nitrogen and oxygen atoms in total. The molecule has 1 aromatic carbocycles. The third kappa shape index (κ3) is 8.03. The lowest BCUT2D eigenvalue weighted by Gasteiger charge is -2.62. The number of halogens is 2. The number of hydrogen-bond donors (Lipinski definition) is 1. The Morgan fingerprint density at radius 2 is 1.79 bits per heavy atom. The zero-order chi connectivity index (χ0) is 41.2. The number of nitrogens with zero attached hydrogens (tertiary/aromatic N) is 2. The maximum atomic E-state index is 17.4. The first kappa shape index (κ1) is 42.0. The van der Waals surface area contributed by atoms with Crippen molar-refractivity contribution in [2.24, 2.45) is 34.5 Å². The van der Waals surface area contributed by atoms with E-state index in [-0.39, 0.29) is 67.3 Å². The van der Waals surface area contributed by atoms with Crippen molar-refractivity contribution >= 4 is 23.7 Å². The van der Waals surface area contributed by atoms with Crippen molar-refractivity contribution in [3.8, 4) is 11.5 Å². The van der Waals surface area contributed by atoms with Crippen molar-refractivity contribution in [3.05, 3.63) is 67.8 Å². The molecule has 4 aliphatic rings. The topological polar surface area (TPSA) is 230 Å². The minimum absolute atomic E-state index is 0.0108. The van der Waals surface area contributed by atoms with E-state index in [0.717, 1.165) is 6.08 Å². The number of aliphatic hydroxyl groups is 1. The normalized spacial score (nSPS) is 32.1. The first-order valence-corrected chi connectivity index (χ1v) is 18.1. The van der Waals surface area contributed by atoms with E-state index in [1.165, 1.54) is 44.4 Å². The number of benzene rings is 1. The molecule has 0 spiro atoms. The molecular formula is C37H44F2N2O15. The van der Waals surface area contributed by atoms with E-state index in [4.69, 9.17) is 18.9 Å². The Morgan fingerprint density at radius 1 is 1.05 bits per heavy atom. The first-order valence-electron chi connectivity index (χ1n) is 18.1. The van der Waals surface area contributed by atoms with Gasteiger partial charge >= 0.3 is 12.1 Å². The van der Waals surface area contributed by atoms with Crippen molar-refractivity contribution in [1.29, 1.82) is 0 Å². The summed E-state index contributed by atoms with van der Waals surface area (Å²) in [6.45, 7) is 3.65. The number of fused-ring (bicyclic) bond motifs is 5. The van der Waals surface area contributed by atoms with E-state index >= 15 is 8.78 Å². The molecule has 306 valence electrons. The summed E-state index contributed by atoms with van der Waals surface area (Å²) in [5, 5.41) is 30.3. The molecule has 3 fully saturated rings. The van der Waals surface area contributed by atoms with E-state index in [0.29, 0.717) is 6.42 Å². The molecule has 0 heterocycles. The van der Waals surface area contributed by atoms with Crippen LogP contribution < -0.4 is 9.47 Å². The highest BCUT2D eigenvalue weighted by atomic mass is 19.1. The number of aliphatic hydroxyl groups excluding tert-OH is 1. The number of rotatable bonds is 16. The predicted molar refractivity (Wildman–Crippen MR) is 186 cm³/mol. The average molecular weight is 795 g/mol. The quantitative estimate of drug-likeness (QED) is 0.0757. The molecule has 5 rings (SSSR count).